The summed E-state index contributed by atoms with van der Waals surface area (Å²) in [7, 11) is 0. The van der Waals surface area contributed by atoms with Crippen molar-refractivity contribution in [2.45, 2.75) is 52.1 Å². The Morgan fingerprint density at radius 1 is 0.885 bits per heavy atom. The second kappa shape index (κ2) is 9.54. The first kappa shape index (κ1) is 18.7. The van der Waals surface area contributed by atoms with Crippen LogP contribution in [0.4, 0.5) is 0 Å². The fourth-order valence-corrected chi connectivity index (χ4v) is 3.45. The zero-order valence-electron chi connectivity index (χ0n) is 15.8. The van der Waals surface area contributed by atoms with Gasteiger partial charge in [0.15, 0.2) is 0 Å². The Labute approximate surface area is 157 Å². The first-order valence-corrected chi connectivity index (χ1v) is 9.87. The number of rotatable bonds is 8. The van der Waals surface area contributed by atoms with Crippen LogP contribution in [0.3, 0.4) is 0 Å². The van der Waals surface area contributed by atoms with Crippen LogP contribution in [0, 0.1) is 0 Å². The Balaban J connectivity index is 1.39. The summed E-state index contributed by atoms with van der Waals surface area (Å²) in [6, 6.07) is 17.2. The van der Waals surface area contributed by atoms with Gasteiger partial charge in [0.05, 0.1) is 0 Å². The number of amides is 1. The first-order valence-electron chi connectivity index (χ1n) is 9.87. The van der Waals surface area contributed by atoms with Crippen LogP contribution in [0.1, 0.15) is 48.4 Å². The molecule has 0 aromatic heterocycles. The number of hydrogen-bond donors (Lipinski definition) is 1. The van der Waals surface area contributed by atoms with Gasteiger partial charge in [-0.1, -0.05) is 55.5 Å². The van der Waals surface area contributed by atoms with Crippen LogP contribution in [0.2, 0.25) is 0 Å². The number of benzene rings is 2. The number of carbonyl (C=O) groups excluding carboxylic acids is 1. The summed E-state index contributed by atoms with van der Waals surface area (Å²) in [6.07, 6.45) is 5.04. The maximum atomic E-state index is 12.1. The number of aryl methyl sites for hydroxylation is 2. The van der Waals surface area contributed by atoms with Crippen molar-refractivity contribution < 1.29 is 4.79 Å². The van der Waals surface area contributed by atoms with Crippen LogP contribution in [0.25, 0.3) is 0 Å². The zero-order chi connectivity index (χ0) is 18.2. The first-order chi connectivity index (χ1) is 12.7. The van der Waals surface area contributed by atoms with E-state index < -0.39 is 0 Å². The predicted octanol–water partition coefficient (Wildman–Crippen LogP) is 4.09. The topological polar surface area (TPSA) is 32.3 Å². The lowest BCUT2D eigenvalue weighted by Crippen LogP contribution is -2.23. The van der Waals surface area contributed by atoms with E-state index in [9.17, 15) is 4.79 Å². The molecule has 3 rings (SSSR count). The van der Waals surface area contributed by atoms with E-state index in [0.29, 0.717) is 13.0 Å². The molecule has 0 aliphatic carbocycles. The molecular formula is C23H30N2O. The van der Waals surface area contributed by atoms with Crippen molar-refractivity contribution in [2.24, 2.45) is 0 Å². The maximum Gasteiger partial charge on any atom is 0.220 e. The second-order valence-electron chi connectivity index (χ2n) is 7.25. The molecule has 1 N–H and O–H groups in total. The lowest BCUT2D eigenvalue weighted by Gasteiger charge is -2.14. The molecule has 0 saturated carbocycles. The van der Waals surface area contributed by atoms with Crippen LogP contribution in [0.15, 0.2) is 48.5 Å². The zero-order valence-corrected chi connectivity index (χ0v) is 15.8. The lowest BCUT2D eigenvalue weighted by atomic mass is 10.1. The van der Waals surface area contributed by atoms with Gasteiger partial charge in [-0.05, 0) is 61.0 Å². The second-order valence-corrected chi connectivity index (χ2v) is 7.25. The van der Waals surface area contributed by atoms with Crippen LogP contribution < -0.4 is 5.32 Å². The molecule has 0 unspecified atom stereocenters. The number of nitrogens with zero attached hydrogens (tertiary/aromatic N) is 1. The summed E-state index contributed by atoms with van der Waals surface area (Å²) in [6.45, 7) is 6.25. The molecule has 2 aromatic rings. The Kier molecular flexibility index (Phi) is 6.84. The molecule has 138 valence electrons. The van der Waals surface area contributed by atoms with Crippen molar-refractivity contribution >= 4 is 5.91 Å². The molecule has 26 heavy (non-hydrogen) atoms. The van der Waals surface area contributed by atoms with Gasteiger partial charge in [0.2, 0.25) is 5.91 Å². The normalized spacial score (nSPS) is 14.5. The lowest BCUT2D eigenvalue weighted by molar-refractivity contribution is -0.121. The minimum atomic E-state index is 0.116. The summed E-state index contributed by atoms with van der Waals surface area (Å²) in [5, 5.41) is 3.03. The number of hydrogen-bond acceptors (Lipinski definition) is 2. The largest absolute Gasteiger partial charge is 0.352 e. The van der Waals surface area contributed by atoms with E-state index in [1.165, 1.54) is 42.6 Å². The van der Waals surface area contributed by atoms with Crippen molar-refractivity contribution in [3.8, 4) is 0 Å². The molecule has 0 radical (unpaired) electrons. The van der Waals surface area contributed by atoms with Gasteiger partial charge in [0, 0.05) is 19.5 Å². The molecule has 0 atom stereocenters. The maximum absolute atomic E-state index is 12.1. The summed E-state index contributed by atoms with van der Waals surface area (Å²) in [5.74, 6) is 0.116. The number of nitrogens with one attached hydrogen (secondary N) is 1. The highest BCUT2D eigenvalue weighted by atomic mass is 16.1. The van der Waals surface area contributed by atoms with Gasteiger partial charge >= 0.3 is 0 Å². The van der Waals surface area contributed by atoms with Gasteiger partial charge in [0.25, 0.3) is 0 Å². The fourth-order valence-electron chi connectivity index (χ4n) is 3.45. The number of likely N-dealkylation sites (tertiary alicyclic amines) is 1. The van der Waals surface area contributed by atoms with Crippen molar-refractivity contribution in [1.29, 1.82) is 0 Å². The van der Waals surface area contributed by atoms with Crippen molar-refractivity contribution in [3.05, 3.63) is 70.8 Å². The molecule has 3 heteroatoms. The summed E-state index contributed by atoms with van der Waals surface area (Å²) in [5.41, 5.74) is 5.09. The third-order valence-corrected chi connectivity index (χ3v) is 5.19. The van der Waals surface area contributed by atoms with Gasteiger partial charge in [-0.15, -0.1) is 0 Å². The van der Waals surface area contributed by atoms with E-state index in [0.717, 1.165) is 24.9 Å². The summed E-state index contributed by atoms with van der Waals surface area (Å²) < 4.78 is 0. The molecule has 0 spiro atoms. The van der Waals surface area contributed by atoms with Gasteiger partial charge in [-0.2, -0.15) is 0 Å². The average molecular weight is 351 g/mol. The average Bonchev–Trinajstić information content (AvgIpc) is 3.19. The van der Waals surface area contributed by atoms with Crippen molar-refractivity contribution in [2.75, 3.05) is 13.1 Å². The Morgan fingerprint density at radius 3 is 2.12 bits per heavy atom. The molecule has 2 aromatic carbocycles. The van der Waals surface area contributed by atoms with Gasteiger partial charge in [-0.25, -0.2) is 0 Å². The van der Waals surface area contributed by atoms with Crippen LogP contribution in [-0.4, -0.2) is 23.9 Å². The minimum absolute atomic E-state index is 0.116. The van der Waals surface area contributed by atoms with E-state index in [4.69, 9.17) is 0 Å². The molecule has 1 fully saturated rings. The monoisotopic (exact) mass is 350 g/mol. The van der Waals surface area contributed by atoms with Gasteiger partial charge in [0.1, 0.15) is 0 Å². The van der Waals surface area contributed by atoms with Crippen LogP contribution >= 0.6 is 0 Å². The standard InChI is InChI=1S/C23H30N2O/c1-2-19-5-7-20(8-6-19)13-14-23(26)24-17-21-9-11-22(12-10-21)18-25-15-3-4-16-25/h5-12H,2-4,13-18H2,1H3,(H,24,26). The number of carbonyl (C=O) groups is 1. The summed E-state index contributed by atoms with van der Waals surface area (Å²) in [4.78, 5) is 14.6. The highest BCUT2D eigenvalue weighted by molar-refractivity contribution is 5.76. The molecule has 0 bridgehead atoms. The van der Waals surface area contributed by atoms with Crippen LogP contribution in [-0.2, 0) is 30.7 Å². The highest BCUT2D eigenvalue weighted by Crippen LogP contribution is 2.13. The quantitative estimate of drug-likeness (QED) is 0.777. The Bertz CT molecular complexity index is 685. The molecule has 1 amide bonds. The van der Waals surface area contributed by atoms with E-state index in [2.05, 4.69) is 65.7 Å². The molecule has 1 saturated heterocycles. The smallest absolute Gasteiger partial charge is 0.220 e. The summed E-state index contributed by atoms with van der Waals surface area (Å²) >= 11 is 0. The van der Waals surface area contributed by atoms with Gasteiger partial charge in [-0.3, -0.25) is 9.69 Å². The fraction of sp³-hybridized carbons (Fsp3) is 0.435. The third kappa shape index (κ3) is 5.70. The van der Waals surface area contributed by atoms with E-state index in [1.807, 2.05) is 0 Å². The van der Waals surface area contributed by atoms with Crippen molar-refractivity contribution in [1.82, 2.24) is 10.2 Å². The van der Waals surface area contributed by atoms with Gasteiger partial charge < -0.3 is 5.32 Å². The van der Waals surface area contributed by atoms with Crippen molar-refractivity contribution in [3.63, 3.8) is 0 Å². The highest BCUT2D eigenvalue weighted by Gasteiger charge is 2.11. The third-order valence-electron chi connectivity index (χ3n) is 5.19. The van der Waals surface area contributed by atoms with Crippen LogP contribution in [0.5, 0.6) is 0 Å². The Hall–Kier alpha value is -2.13. The predicted molar refractivity (Wildman–Crippen MR) is 107 cm³/mol. The molecule has 1 aliphatic heterocycles. The molecule has 3 nitrogen and oxygen atoms in total. The molecule has 1 aliphatic rings. The van der Waals surface area contributed by atoms with E-state index >= 15 is 0 Å². The molecule has 1 heterocycles. The van der Waals surface area contributed by atoms with E-state index in [1.54, 1.807) is 0 Å². The van der Waals surface area contributed by atoms with E-state index in [-0.39, 0.29) is 5.91 Å². The Morgan fingerprint density at radius 2 is 1.46 bits per heavy atom. The molecular weight excluding hydrogens is 320 g/mol. The SMILES string of the molecule is CCc1ccc(CCC(=O)NCc2ccc(CN3CCCC3)cc2)cc1. The minimum Gasteiger partial charge on any atom is -0.352 e.